The number of carboxylic acids is 1. The van der Waals surface area contributed by atoms with Crippen molar-refractivity contribution >= 4 is 11.9 Å². The molecule has 0 aromatic rings. The number of fused-ring (bicyclic) bond motifs is 1. The third-order valence-corrected chi connectivity index (χ3v) is 4.79. The fourth-order valence-electron chi connectivity index (χ4n) is 3.51. The molecule has 2 aliphatic heterocycles. The van der Waals surface area contributed by atoms with Crippen molar-refractivity contribution in [3.05, 3.63) is 0 Å². The van der Waals surface area contributed by atoms with E-state index in [4.69, 9.17) is 4.74 Å². The molecule has 0 aromatic carbocycles. The van der Waals surface area contributed by atoms with Crippen LogP contribution in [-0.2, 0) is 14.3 Å². The van der Waals surface area contributed by atoms with Crippen LogP contribution in [0.4, 0.5) is 0 Å². The van der Waals surface area contributed by atoms with E-state index in [1.165, 1.54) is 0 Å². The van der Waals surface area contributed by atoms with E-state index in [0.717, 1.165) is 12.8 Å². The molecule has 0 aromatic heterocycles. The maximum Gasteiger partial charge on any atom is 0.311 e. The summed E-state index contributed by atoms with van der Waals surface area (Å²) in [7, 11) is 0. The number of likely N-dealkylation sites (tertiary alicyclic amines) is 1. The summed E-state index contributed by atoms with van der Waals surface area (Å²) in [6.45, 7) is 6.03. The number of aliphatic carboxylic acids is 1. The topological polar surface area (TPSA) is 66.8 Å². The Kier molecular flexibility index (Phi) is 4.68. The van der Waals surface area contributed by atoms with Crippen molar-refractivity contribution in [2.75, 3.05) is 26.3 Å². The molecular weight excluding hydrogens is 258 g/mol. The van der Waals surface area contributed by atoms with Crippen LogP contribution in [0.3, 0.4) is 0 Å². The van der Waals surface area contributed by atoms with Crippen LogP contribution in [-0.4, -0.2) is 48.2 Å². The Balaban J connectivity index is 2.02. The van der Waals surface area contributed by atoms with Gasteiger partial charge in [-0.15, -0.1) is 0 Å². The molecule has 2 rings (SSSR count). The minimum atomic E-state index is -0.776. The lowest BCUT2D eigenvalue weighted by molar-refractivity contribution is -0.157. The van der Waals surface area contributed by atoms with Gasteiger partial charge in [-0.1, -0.05) is 26.7 Å². The molecule has 1 unspecified atom stereocenters. The van der Waals surface area contributed by atoms with Gasteiger partial charge in [0.15, 0.2) is 0 Å². The number of carbonyl (C=O) groups excluding carboxylic acids is 1. The van der Waals surface area contributed by atoms with E-state index in [9.17, 15) is 14.7 Å². The first kappa shape index (κ1) is 15.3. The van der Waals surface area contributed by atoms with Crippen molar-refractivity contribution in [1.29, 1.82) is 0 Å². The minimum Gasteiger partial charge on any atom is -0.481 e. The molecule has 0 aliphatic carbocycles. The minimum absolute atomic E-state index is 0.0563. The molecule has 5 nitrogen and oxygen atoms in total. The van der Waals surface area contributed by atoms with Crippen LogP contribution in [0.5, 0.6) is 0 Å². The zero-order valence-electron chi connectivity index (χ0n) is 12.4. The first-order valence-electron chi connectivity index (χ1n) is 7.58. The maximum atomic E-state index is 12.3. The summed E-state index contributed by atoms with van der Waals surface area (Å²) in [6.07, 6.45) is 3.15. The number of nitrogens with zero attached hydrogens (tertiary/aromatic N) is 1. The lowest BCUT2D eigenvalue weighted by atomic mass is 9.74. The van der Waals surface area contributed by atoms with E-state index in [1.807, 2.05) is 0 Å². The second-order valence-electron chi connectivity index (χ2n) is 6.36. The predicted molar refractivity (Wildman–Crippen MR) is 74.3 cm³/mol. The lowest BCUT2D eigenvalue weighted by Crippen LogP contribution is -2.45. The molecule has 2 aliphatic rings. The molecular formula is C15H25NO4. The first-order valence-corrected chi connectivity index (χ1v) is 7.58. The lowest BCUT2D eigenvalue weighted by Gasteiger charge is -2.33. The molecule has 0 spiro atoms. The van der Waals surface area contributed by atoms with Crippen LogP contribution in [0.25, 0.3) is 0 Å². The van der Waals surface area contributed by atoms with Crippen molar-refractivity contribution in [3.8, 4) is 0 Å². The van der Waals surface area contributed by atoms with Gasteiger partial charge in [-0.25, -0.2) is 0 Å². The van der Waals surface area contributed by atoms with Crippen molar-refractivity contribution in [2.45, 2.75) is 39.5 Å². The highest BCUT2D eigenvalue weighted by Gasteiger charge is 2.54. The Hall–Kier alpha value is -1.10. The van der Waals surface area contributed by atoms with Gasteiger partial charge < -0.3 is 14.7 Å². The molecule has 0 saturated carbocycles. The van der Waals surface area contributed by atoms with Gasteiger partial charge in [0, 0.05) is 32.0 Å². The number of carboxylic acid groups (broad SMARTS) is 1. The quantitative estimate of drug-likeness (QED) is 0.835. The summed E-state index contributed by atoms with van der Waals surface area (Å²) < 4.78 is 5.41. The molecule has 0 radical (unpaired) electrons. The Morgan fingerprint density at radius 1 is 1.50 bits per heavy atom. The molecule has 0 bridgehead atoms. The monoisotopic (exact) mass is 283 g/mol. The third kappa shape index (κ3) is 2.82. The van der Waals surface area contributed by atoms with Crippen molar-refractivity contribution in [3.63, 3.8) is 0 Å². The van der Waals surface area contributed by atoms with Gasteiger partial charge in [0.1, 0.15) is 0 Å². The maximum absolute atomic E-state index is 12.3. The van der Waals surface area contributed by atoms with Gasteiger partial charge in [-0.05, 0) is 12.3 Å². The number of carbonyl (C=O) groups is 2. The van der Waals surface area contributed by atoms with Crippen LogP contribution in [0.2, 0.25) is 0 Å². The van der Waals surface area contributed by atoms with Gasteiger partial charge in [0.2, 0.25) is 5.91 Å². The fourth-order valence-corrected chi connectivity index (χ4v) is 3.51. The molecule has 1 N–H and O–H groups in total. The SMILES string of the molecule is CCCC(C)CC(=O)N1C[C@H]2COCC[C@@]2(C(=O)O)C1. The number of ether oxygens (including phenoxy) is 1. The van der Waals surface area contributed by atoms with Crippen LogP contribution in [0, 0.1) is 17.3 Å². The molecule has 2 heterocycles. The molecule has 1 amide bonds. The average molecular weight is 283 g/mol. The summed E-state index contributed by atoms with van der Waals surface area (Å²) in [5.41, 5.74) is -0.776. The number of amides is 1. The molecule has 2 saturated heterocycles. The van der Waals surface area contributed by atoms with Crippen molar-refractivity contribution in [1.82, 2.24) is 4.90 Å². The highest BCUT2D eigenvalue weighted by atomic mass is 16.5. The number of hydrogen-bond acceptors (Lipinski definition) is 3. The van der Waals surface area contributed by atoms with Gasteiger partial charge >= 0.3 is 5.97 Å². The zero-order chi connectivity index (χ0) is 14.8. The average Bonchev–Trinajstić information content (AvgIpc) is 2.79. The van der Waals surface area contributed by atoms with Crippen molar-refractivity contribution < 1.29 is 19.4 Å². The number of hydrogen-bond donors (Lipinski definition) is 1. The summed E-state index contributed by atoms with van der Waals surface area (Å²) in [6, 6.07) is 0. The molecule has 114 valence electrons. The first-order chi connectivity index (χ1) is 9.49. The van der Waals surface area contributed by atoms with Gasteiger partial charge in [-0.2, -0.15) is 0 Å². The van der Waals surface area contributed by atoms with E-state index >= 15 is 0 Å². The second-order valence-corrected chi connectivity index (χ2v) is 6.36. The van der Waals surface area contributed by atoms with E-state index in [-0.39, 0.29) is 11.8 Å². The third-order valence-electron chi connectivity index (χ3n) is 4.79. The molecule has 5 heteroatoms. The van der Waals surface area contributed by atoms with Crippen LogP contribution in [0.1, 0.15) is 39.5 Å². The Labute approximate surface area is 120 Å². The van der Waals surface area contributed by atoms with Gasteiger partial charge in [0.25, 0.3) is 0 Å². The standard InChI is InChI=1S/C15H25NO4/c1-3-4-11(2)7-13(17)16-8-12-9-20-6-5-15(12,10-16)14(18)19/h11-12H,3-10H2,1-2H3,(H,18,19)/t11?,12-,15+/m0/s1. The van der Waals surface area contributed by atoms with E-state index in [2.05, 4.69) is 13.8 Å². The summed E-state index contributed by atoms with van der Waals surface area (Å²) in [5.74, 6) is -0.366. The zero-order valence-corrected chi connectivity index (χ0v) is 12.4. The summed E-state index contributed by atoms with van der Waals surface area (Å²) in [4.78, 5) is 25.7. The van der Waals surface area contributed by atoms with E-state index in [1.54, 1.807) is 4.90 Å². The fraction of sp³-hybridized carbons (Fsp3) is 0.867. The Bertz CT molecular complexity index is 384. The van der Waals surface area contributed by atoms with Crippen LogP contribution in [0.15, 0.2) is 0 Å². The van der Waals surface area contributed by atoms with Gasteiger partial charge in [0.05, 0.1) is 12.0 Å². The number of rotatable bonds is 5. The van der Waals surface area contributed by atoms with Gasteiger partial charge in [-0.3, -0.25) is 9.59 Å². The molecule has 2 fully saturated rings. The largest absolute Gasteiger partial charge is 0.481 e. The highest BCUT2D eigenvalue weighted by Crippen LogP contribution is 2.42. The highest BCUT2D eigenvalue weighted by molar-refractivity contribution is 5.81. The van der Waals surface area contributed by atoms with Crippen LogP contribution >= 0.6 is 0 Å². The Morgan fingerprint density at radius 2 is 2.25 bits per heavy atom. The molecule has 3 atom stereocenters. The van der Waals surface area contributed by atoms with E-state index < -0.39 is 11.4 Å². The van der Waals surface area contributed by atoms with E-state index in [0.29, 0.717) is 45.1 Å². The normalized spacial score (nSPS) is 30.9. The second kappa shape index (κ2) is 6.12. The molecule has 20 heavy (non-hydrogen) atoms. The smallest absolute Gasteiger partial charge is 0.311 e. The summed E-state index contributed by atoms with van der Waals surface area (Å²) in [5, 5.41) is 9.57. The predicted octanol–water partition coefficient (Wildman–Crippen LogP) is 1.76. The Morgan fingerprint density at radius 3 is 2.85 bits per heavy atom. The van der Waals surface area contributed by atoms with Crippen molar-refractivity contribution in [2.24, 2.45) is 17.3 Å². The summed E-state index contributed by atoms with van der Waals surface area (Å²) >= 11 is 0. The van der Waals surface area contributed by atoms with Crippen LogP contribution < -0.4 is 0 Å².